The molecule has 0 bridgehead atoms. The molecule has 17 heavy (non-hydrogen) atoms. The van der Waals surface area contributed by atoms with Gasteiger partial charge in [-0.1, -0.05) is 6.07 Å². The molecule has 0 aliphatic carbocycles. The SMILES string of the molecule is COCCCN(CCOC)c1cccc(N)n1. The Morgan fingerprint density at radius 3 is 2.59 bits per heavy atom. The summed E-state index contributed by atoms with van der Waals surface area (Å²) in [5, 5.41) is 0. The van der Waals surface area contributed by atoms with Crippen molar-refractivity contribution in [2.45, 2.75) is 6.42 Å². The summed E-state index contributed by atoms with van der Waals surface area (Å²) in [6, 6.07) is 5.65. The fourth-order valence-corrected chi connectivity index (χ4v) is 1.56. The van der Waals surface area contributed by atoms with Crippen LogP contribution in [0.25, 0.3) is 0 Å². The van der Waals surface area contributed by atoms with Gasteiger partial charge >= 0.3 is 0 Å². The normalized spacial score (nSPS) is 10.5. The smallest absolute Gasteiger partial charge is 0.131 e. The summed E-state index contributed by atoms with van der Waals surface area (Å²) in [7, 11) is 3.40. The van der Waals surface area contributed by atoms with Crippen LogP contribution in [0.5, 0.6) is 0 Å². The Morgan fingerprint density at radius 1 is 1.18 bits per heavy atom. The number of hydrogen-bond donors (Lipinski definition) is 1. The van der Waals surface area contributed by atoms with Crippen LogP contribution in [0.2, 0.25) is 0 Å². The molecule has 0 aromatic carbocycles. The summed E-state index contributed by atoms with van der Waals surface area (Å²) >= 11 is 0. The summed E-state index contributed by atoms with van der Waals surface area (Å²) < 4.78 is 10.2. The molecule has 0 unspecified atom stereocenters. The van der Waals surface area contributed by atoms with Gasteiger partial charge in [-0.25, -0.2) is 4.98 Å². The first kappa shape index (κ1) is 13.7. The minimum absolute atomic E-state index is 0.539. The predicted molar refractivity (Wildman–Crippen MR) is 69.2 cm³/mol. The second-order valence-electron chi connectivity index (χ2n) is 3.75. The number of pyridine rings is 1. The number of aromatic nitrogens is 1. The van der Waals surface area contributed by atoms with Crippen molar-refractivity contribution in [1.29, 1.82) is 0 Å². The van der Waals surface area contributed by atoms with E-state index in [4.69, 9.17) is 15.2 Å². The van der Waals surface area contributed by atoms with Crippen LogP contribution in [-0.2, 0) is 9.47 Å². The summed E-state index contributed by atoms with van der Waals surface area (Å²) in [4.78, 5) is 6.46. The third kappa shape index (κ3) is 5.01. The van der Waals surface area contributed by atoms with E-state index < -0.39 is 0 Å². The van der Waals surface area contributed by atoms with Crippen LogP contribution in [0.15, 0.2) is 18.2 Å². The molecule has 2 N–H and O–H groups in total. The largest absolute Gasteiger partial charge is 0.385 e. The molecule has 0 saturated carbocycles. The van der Waals surface area contributed by atoms with E-state index in [0.29, 0.717) is 12.4 Å². The van der Waals surface area contributed by atoms with Gasteiger partial charge in [-0.2, -0.15) is 0 Å². The van der Waals surface area contributed by atoms with Crippen LogP contribution in [0, 0.1) is 0 Å². The van der Waals surface area contributed by atoms with E-state index in [-0.39, 0.29) is 0 Å². The lowest BCUT2D eigenvalue weighted by molar-refractivity contribution is 0.191. The van der Waals surface area contributed by atoms with E-state index in [0.717, 1.165) is 31.9 Å². The first-order valence-electron chi connectivity index (χ1n) is 5.73. The third-order valence-corrected chi connectivity index (χ3v) is 2.42. The molecule has 0 aliphatic rings. The van der Waals surface area contributed by atoms with Gasteiger partial charge in [0, 0.05) is 33.9 Å². The van der Waals surface area contributed by atoms with Crippen molar-refractivity contribution in [3.63, 3.8) is 0 Å². The zero-order valence-electron chi connectivity index (χ0n) is 10.6. The van der Waals surface area contributed by atoms with Gasteiger partial charge < -0.3 is 20.1 Å². The van der Waals surface area contributed by atoms with Gasteiger partial charge in [0.05, 0.1) is 6.61 Å². The van der Waals surface area contributed by atoms with E-state index in [1.54, 1.807) is 20.3 Å². The maximum atomic E-state index is 5.69. The molecule has 1 rings (SSSR count). The van der Waals surface area contributed by atoms with Crippen LogP contribution < -0.4 is 10.6 Å². The molecule has 96 valence electrons. The zero-order valence-corrected chi connectivity index (χ0v) is 10.6. The summed E-state index contributed by atoms with van der Waals surface area (Å²) in [6.07, 6.45) is 0.955. The molecule has 0 fully saturated rings. The second kappa shape index (κ2) is 7.86. The van der Waals surface area contributed by atoms with Gasteiger partial charge in [0.1, 0.15) is 11.6 Å². The molecule has 5 heteroatoms. The fraction of sp³-hybridized carbons (Fsp3) is 0.583. The highest BCUT2D eigenvalue weighted by atomic mass is 16.5. The molecule has 0 radical (unpaired) electrons. The average molecular weight is 239 g/mol. The number of methoxy groups -OCH3 is 2. The molecule has 1 aromatic heterocycles. The maximum absolute atomic E-state index is 5.69. The molecule has 0 amide bonds. The van der Waals surface area contributed by atoms with Crippen LogP contribution in [0.3, 0.4) is 0 Å². The summed E-state index contributed by atoms with van der Waals surface area (Å²) in [6.45, 7) is 3.10. The predicted octanol–water partition coefficient (Wildman–Crippen LogP) is 1.15. The van der Waals surface area contributed by atoms with Crippen molar-refractivity contribution in [1.82, 2.24) is 4.98 Å². The monoisotopic (exact) mass is 239 g/mol. The fourth-order valence-electron chi connectivity index (χ4n) is 1.56. The lowest BCUT2D eigenvalue weighted by atomic mass is 10.3. The van der Waals surface area contributed by atoms with E-state index in [1.807, 2.05) is 12.1 Å². The number of ether oxygens (including phenoxy) is 2. The number of hydrogen-bond acceptors (Lipinski definition) is 5. The minimum Gasteiger partial charge on any atom is -0.385 e. The summed E-state index contributed by atoms with van der Waals surface area (Å²) in [5.74, 6) is 1.43. The lowest BCUT2D eigenvalue weighted by Crippen LogP contribution is -2.29. The van der Waals surface area contributed by atoms with Gasteiger partial charge in [0.2, 0.25) is 0 Å². The highest BCUT2D eigenvalue weighted by Gasteiger charge is 2.07. The molecule has 5 nitrogen and oxygen atoms in total. The Bertz CT molecular complexity index is 320. The Balaban J connectivity index is 2.60. The van der Waals surface area contributed by atoms with Crippen LogP contribution in [-0.4, -0.2) is 45.5 Å². The van der Waals surface area contributed by atoms with Gasteiger partial charge in [0.25, 0.3) is 0 Å². The molecule has 0 aliphatic heterocycles. The van der Waals surface area contributed by atoms with Crippen molar-refractivity contribution in [2.24, 2.45) is 0 Å². The number of nitrogen functional groups attached to an aromatic ring is 1. The Kier molecular flexibility index (Phi) is 6.35. The van der Waals surface area contributed by atoms with Crippen LogP contribution >= 0.6 is 0 Å². The van der Waals surface area contributed by atoms with E-state index in [2.05, 4.69) is 9.88 Å². The van der Waals surface area contributed by atoms with E-state index >= 15 is 0 Å². The van der Waals surface area contributed by atoms with Gasteiger partial charge in [-0.05, 0) is 18.6 Å². The van der Waals surface area contributed by atoms with Crippen molar-refractivity contribution in [3.05, 3.63) is 18.2 Å². The highest BCUT2D eigenvalue weighted by Crippen LogP contribution is 2.12. The lowest BCUT2D eigenvalue weighted by Gasteiger charge is -2.23. The Hall–Kier alpha value is -1.33. The van der Waals surface area contributed by atoms with Crippen molar-refractivity contribution in [3.8, 4) is 0 Å². The van der Waals surface area contributed by atoms with Crippen molar-refractivity contribution in [2.75, 3.05) is 51.2 Å². The first-order chi connectivity index (χ1) is 8.27. The number of rotatable bonds is 8. The van der Waals surface area contributed by atoms with E-state index in [9.17, 15) is 0 Å². The maximum Gasteiger partial charge on any atom is 0.131 e. The van der Waals surface area contributed by atoms with Crippen molar-refractivity contribution >= 4 is 11.6 Å². The van der Waals surface area contributed by atoms with E-state index in [1.165, 1.54) is 0 Å². The first-order valence-corrected chi connectivity index (χ1v) is 5.73. The Labute approximate surface area is 103 Å². The molecule has 1 heterocycles. The van der Waals surface area contributed by atoms with Crippen LogP contribution in [0.4, 0.5) is 11.6 Å². The Morgan fingerprint density at radius 2 is 1.94 bits per heavy atom. The number of nitrogens with zero attached hydrogens (tertiary/aromatic N) is 2. The van der Waals surface area contributed by atoms with Gasteiger partial charge in [-0.3, -0.25) is 0 Å². The molecule has 1 aromatic rings. The third-order valence-electron chi connectivity index (χ3n) is 2.42. The summed E-state index contributed by atoms with van der Waals surface area (Å²) in [5.41, 5.74) is 5.69. The zero-order chi connectivity index (χ0) is 12.5. The standard InChI is InChI=1S/C12H21N3O2/c1-16-9-4-7-15(8-10-17-2)12-6-3-5-11(13)14-12/h3,5-6H,4,7-10H2,1-2H3,(H2,13,14). The minimum atomic E-state index is 0.539. The molecule has 0 atom stereocenters. The molecular formula is C12H21N3O2. The quantitative estimate of drug-likeness (QED) is 0.690. The number of nitrogens with two attached hydrogens (primary N) is 1. The molecular weight excluding hydrogens is 218 g/mol. The van der Waals surface area contributed by atoms with Gasteiger partial charge in [0.15, 0.2) is 0 Å². The van der Waals surface area contributed by atoms with Crippen molar-refractivity contribution < 1.29 is 9.47 Å². The highest BCUT2D eigenvalue weighted by molar-refractivity contribution is 5.44. The topological polar surface area (TPSA) is 60.6 Å². The van der Waals surface area contributed by atoms with Crippen LogP contribution in [0.1, 0.15) is 6.42 Å². The molecule has 0 saturated heterocycles. The average Bonchev–Trinajstić information content (AvgIpc) is 2.33. The second-order valence-corrected chi connectivity index (χ2v) is 3.75. The van der Waals surface area contributed by atoms with Gasteiger partial charge in [-0.15, -0.1) is 0 Å². The molecule has 0 spiro atoms. The number of anilines is 2.